The standard InChI is InChI=1S/C19H26N4O.ClH/c1-14(21-19(24)16-8-10-20-11-9-16)12-18-13-15(2)22-23(18)17-6-4-3-5-7-17;/h3-7,13-14,16,20H,8-12H2,1-2H3,(H,21,24);1H. The second kappa shape index (κ2) is 9.02. The summed E-state index contributed by atoms with van der Waals surface area (Å²) < 4.78 is 1.97. The van der Waals surface area contributed by atoms with Crippen LogP contribution in [0.1, 0.15) is 31.2 Å². The lowest BCUT2D eigenvalue weighted by atomic mass is 9.97. The molecule has 1 unspecified atom stereocenters. The number of nitrogens with one attached hydrogen (secondary N) is 2. The lowest BCUT2D eigenvalue weighted by molar-refractivity contribution is -0.126. The lowest BCUT2D eigenvalue weighted by Gasteiger charge is -2.24. The molecule has 6 heteroatoms. The maximum Gasteiger partial charge on any atom is 0.223 e. The van der Waals surface area contributed by atoms with E-state index in [1.54, 1.807) is 0 Å². The van der Waals surface area contributed by atoms with Gasteiger partial charge in [0, 0.05) is 24.1 Å². The van der Waals surface area contributed by atoms with Crippen LogP contribution in [-0.4, -0.2) is 34.8 Å². The summed E-state index contributed by atoms with van der Waals surface area (Å²) in [4.78, 5) is 12.4. The van der Waals surface area contributed by atoms with E-state index in [0.717, 1.165) is 49.4 Å². The summed E-state index contributed by atoms with van der Waals surface area (Å²) in [5.41, 5.74) is 3.17. The molecule has 0 spiro atoms. The Morgan fingerprint density at radius 3 is 2.68 bits per heavy atom. The number of carbonyl (C=O) groups excluding carboxylic acids is 1. The number of nitrogens with zero attached hydrogens (tertiary/aromatic N) is 2. The van der Waals surface area contributed by atoms with E-state index in [0.29, 0.717) is 0 Å². The van der Waals surface area contributed by atoms with Gasteiger partial charge in [0.25, 0.3) is 0 Å². The summed E-state index contributed by atoms with van der Waals surface area (Å²) in [5, 5.41) is 11.1. The van der Waals surface area contributed by atoms with Gasteiger partial charge in [-0.15, -0.1) is 12.4 Å². The number of amides is 1. The summed E-state index contributed by atoms with van der Waals surface area (Å²) >= 11 is 0. The second-order valence-electron chi connectivity index (χ2n) is 6.66. The molecule has 1 aromatic carbocycles. The number of hydrogen-bond acceptors (Lipinski definition) is 3. The SMILES string of the molecule is Cc1cc(CC(C)NC(=O)C2CCNCC2)n(-c2ccccc2)n1.Cl. The zero-order chi connectivity index (χ0) is 16.9. The van der Waals surface area contributed by atoms with Crippen LogP contribution in [0.4, 0.5) is 0 Å². The molecular formula is C19H27ClN4O. The van der Waals surface area contributed by atoms with Gasteiger partial charge in [0.2, 0.25) is 5.91 Å². The number of halogens is 1. The first-order chi connectivity index (χ1) is 11.6. The highest BCUT2D eigenvalue weighted by Crippen LogP contribution is 2.15. The van der Waals surface area contributed by atoms with Crippen molar-refractivity contribution in [2.45, 2.75) is 39.2 Å². The Bertz CT molecular complexity index is 680. The van der Waals surface area contributed by atoms with Crippen LogP contribution in [0.25, 0.3) is 5.69 Å². The first-order valence-electron chi connectivity index (χ1n) is 8.75. The summed E-state index contributed by atoms with van der Waals surface area (Å²) in [6, 6.07) is 12.3. The normalized spacial score (nSPS) is 16.1. The predicted molar refractivity (Wildman–Crippen MR) is 102 cm³/mol. The molecule has 1 fully saturated rings. The van der Waals surface area contributed by atoms with Crippen molar-refractivity contribution in [3.63, 3.8) is 0 Å². The molecule has 1 atom stereocenters. The fourth-order valence-electron chi connectivity index (χ4n) is 3.30. The number of benzene rings is 1. The monoisotopic (exact) mass is 362 g/mol. The Kier molecular flexibility index (Phi) is 7.02. The molecule has 1 aliphatic heterocycles. The summed E-state index contributed by atoms with van der Waals surface area (Å²) in [6.45, 7) is 5.94. The van der Waals surface area contributed by atoms with Crippen LogP contribution >= 0.6 is 12.4 Å². The molecule has 2 aromatic rings. The number of hydrogen-bond donors (Lipinski definition) is 2. The number of aromatic nitrogens is 2. The molecule has 0 aliphatic carbocycles. The Hall–Kier alpha value is -1.85. The quantitative estimate of drug-likeness (QED) is 0.859. The van der Waals surface area contributed by atoms with Crippen LogP contribution in [0.5, 0.6) is 0 Å². The van der Waals surface area contributed by atoms with Crippen molar-refractivity contribution in [3.8, 4) is 5.69 Å². The molecule has 3 rings (SSSR count). The van der Waals surface area contributed by atoms with Gasteiger partial charge in [-0.25, -0.2) is 4.68 Å². The van der Waals surface area contributed by atoms with Gasteiger partial charge in [-0.2, -0.15) is 5.10 Å². The van der Waals surface area contributed by atoms with Crippen molar-refractivity contribution in [1.82, 2.24) is 20.4 Å². The first-order valence-corrected chi connectivity index (χ1v) is 8.75. The maximum atomic E-state index is 12.4. The minimum Gasteiger partial charge on any atom is -0.353 e. The van der Waals surface area contributed by atoms with Crippen LogP contribution < -0.4 is 10.6 Å². The van der Waals surface area contributed by atoms with E-state index in [4.69, 9.17) is 0 Å². The third-order valence-corrected chi connectivity index (χ3v) is 4.52. The van der Waals surface area contributed by atoms with Crippen molar-refractivity contribution in [2.75, 3.05) is 13.1 Å². The lowest BCUT2D eigenvalue weighted by Crippen LogP contribution is -2.42. The van der Waals surface area contributed by atoms with Crippen molar-refractivity contribution >= 4 is 18.3 Å². The van der Waals surface area contributed by atoms with Gasteiger partial charge < -0.3 is 10.6 Å². The van der Waals surface area contributed by atoms with Gasteiger partial charge in [-0.3, -0.25) is 4.79 Å². The number of rotatable bonds is 5. The molecule has 1 amide bonds. The molecule has 0 bridgehead atoms. The van der Waals surface area contributed by atoms with Gasteiger partial charge in [0.1, 0.15) is 0 Å². The zero-order valence-corrected chi connectivity index (χ0v) is 15.7. The van der Waals surface area contributed by atoms with E-state index >= 15 is 0 Å². The third-order valence-electron chi connectivity index (χ3n) is 4.52. The topological polar surface area (TPSA) is 59.0 Å². The minimum absolute atomic E-state index is 0. The average molecular weight is 363 g/mol. The van der Waals surface area contributed by atoms with Crippen LogP contribution in [0.2, 0.25) is 0 Å². The summed E-state index contributed by atoms with van der Waals surface area (Å²) in [6.07, 6.45) is 2.63. The van der Waals surface area contributed by atoms with Crippen molar-refractivity contribution < 1.29 is 4.79 Å². The number of piperidine rings is 1. The highest BCUT2D eigenvalue weighted by molar-refractivity contribution is 5.85. The van der Waals surface area contributed by atoms with Gasteiger partial charge in [0.15, 0.2) is 0 Å². The molecule has 1 aromatic heterocycles. The molecule has 5 nitrogen and oxygen atoms in total. The molecule has 0 radical (unpaired) electrons. The molecule has 0 saturated carbocycles. The van der Waals surface area contributed by atoms with E-state index in [2.05, 4.69) is 28.7 Å². The highest BCUT2D eigenvalue weighted by atomic mass is 35.5. The largest absolute Gasteiger partial charge is 0.353 e. The minimum atomic E-state index is 0. The van der Waals surface area contributed by atoms with E-state index in [1.165, 1.54) is 0 Å². The molecule has 2 N–H and O–H groups in total. The van der Waals surface area contributed by atoms with E-state index < -0.39 is 0 Å². The van der Waals surface area contributed by atoms with Gasteiger partial charge in [-0.05, 0) is 58.0 Å². The Morgan fingerprint density at radius 1 is 1.32 bits per heavy atom. The molecule has 136 valence electrons. The van der Waals surface area contributed by atoms with Crippen molar-refractivity contribution in [1.29, 1.82) is 0 Å². The van der Waals surface area contributed by atoms with Gasteiger partial charge in [-0.1, -0.05) is 18.2 Å². The Balaban J connectivity index is 0.00000225. The van der Waals surface area contributed by atoms with Gasteiger partial charge >= 0.3 is 0 Å². The first kappa shape index (κ1) is 19.5. The molecular weight excluding hydrogens is 336 g/mol. The van der Waals surface area contributed by atoms with Gasteiger partial charge in [0.05, 0.1) is 11.4 Å². The number of para-hydroxylation sites is 1. The van der Waals surface area contributed by atoms with Crippen LogP contribution in [0, 0.1) is 12.8 Å². The Morgan fingerprint density at radius 2 is 2.00 bits per heavy atom. The average Bonchev–Trinajstić information content (AvgIpc) is 2.96. The number of carbonyl (C=O) groups is 1. The van der Waals surface area contributed by atoms with Crippen molar-refractivity contribution in [3.05, 3.63) is 47.8 Å². The van der Waals surface area contributed by atoms with E-state index in [1.807, 2.05) is 41.9 Å². The van der Waals surface area contributed by atoms with E-state index in [9.17, 15) is 4.79 Å². The second-order valence-corrected chi connectivity index (χ2v) is 6.66. The smallest absolute Gasteiger partial charge is 0.223 e. The number of aryl methyl sites for hydroxylation is 1. The van der Waals surface area contributed by atoms with Crippen LogP contribution in [0.3, 0.4) is 0 Å². The molecule has 2 heterocycles. The fourth-order valence-corrected chi connectivity index (χ4v) is 3.30. The molecule has 1 saturated heterocycles. The summed E-state index contributed by atoms with van der Waals surface area (Å²) in [5.74, 6) is 0.334. The maximum absolute atomic E-state index is 12.4. The highest BCUT2D eigenvalue weighted by Gasteiger charge is 2.22. The van der Waals surface area contributed by atoms with Crippen molar-refractivity contribution in [2.24, 2.45) is 5.92 Å². The zero-order valence-electron chi connectivity index (χ0n) is 14.9. The Labute approximate surface area is 155 Å². The molecule has 25 heavy (non-hydrogen) atoms. The summed E-state index contributed by atoms with van der Waals surface area (Å²) in [7, 11) is 0. The molecule has 1 aliphatic rings. The predicted octanol–water partition coefficient (Wildman–Crippen LogP) is 2.65. The van der Waals surface area contributed by atoms with E-state index in [-0.39, 0.29) is 30.3 Å². The van der Waals surface area contributed by atoms with Crippen LogP contribution in [0.15, 0.2) is 36.4 Å². The fraction of sp³-hybridized carbons (Fsp3) is 0.474. The van der Waals surface area contributed by atoms with Crippen LogP contribution in [-0.2, 0) is 11.2 Å². The third kappa shape index (κ3) is 5.06.